The summed E-state index contributed by atoms with van der Waals surface area (Å²) in [5.41, 5.74) is 1.39. The Morgan fingerprint density at radius 1 is 1.21 bits per heavy atom. The van der Waals surface area contributed by atoms with Gasteiger partial charge in [0.1, 0.15) is 24.1 Å². The molecule has 2 aliphatic rings. The van der Waals surface area contributed by atoms with Gasteiger partial charge in [0.15, 0.2) is 5.69 Å². The zero-order valence-electron chi connectivity index (χ0n) is 18.2. The van der Waals surface area contributed by atoms with Crippen LogP contribution in [0.4, 0.5) is 24.7 Å². The Labute approximate surface area is 193 Å². The number of nitrogens with one attached hydrogen (secondary N) is 3. The third-order valence-electron chi connectivity index (χ3n) is 5.91. The van der Waals surface area contributed by atoms with E-state index in [1.165, 1.54) is 0 Å². The fourth-order valence-electron chi connectivity index (χ4n) is 4.02. The number of rotatable bonds is 5. The molecule has 34 heavy (non-hydrogen) atoms. The van der Waals surface area contributed by atoms with Crippen LogP contribution in [-0.2, 0) is 17.3 Å². The van der Waals surface area contributed by atoms with Crippen LogP contribution in [0.2, 0.25) is 0 Å². The van der Waals surface area contributed by atoms with E-state index in [4.69, 9.17) is 4.74 Å². The van der Waals surface area contributed by atoms with Crippen molar-refractivity contribution in [3.8, 4) is 0 Å². The number of alkyl halides is 3. The number of anilines is 2. The molecule has 2 aliphatic heterocycles. The van der Waals surface area contributed by atoms with E-state index in [2.05, 4.69) is 25.9 Å². The largest absolute Gasteiger partial charge is 0.434 e. The molecule has 0 bridgehead atoms. The molecule has 0 unspecified atom stereocenters. The molecule has 1 amide bonds. The Bertz CT molecular complexity index is 1020. The van der Waals surface area contributed by atoms with Gasteiger partial charge in [-0.15, -0.1) is 0 Å². The summed E-state index contributed by atoms with van der Waals surface area (Å²) in [6.45, 7) is 0.720. The van der Waals surface area contributed by atoms with Gasteiger partial charge in [0, 0.05) is 24.3 Å². The second-order valence-corrected chi connectivity index (χ2v) is 8.36. The van der Waals surface area contributed by atoms with Gasteiger partial charge in [-0.25, -0.2) is 4.98 Å². The minimum Gasteiger partial charge on any atom is -0.388 e. The van der Waals surface area contributed by atoms with Crippen LogP contribution < -0.4 is 16.0 Å². The third-order valence-corrected chi connectivity index (χ3v) is 5.91. The first-order valence-electron chi connectivity index (χ1n) is 11.0. The molecular weight excluding hydrogens is 455 g/mol. The lowest BCUT2D eigenvalue weighted by molar-refractivity contribution is -0.141. The number of fused-ring (bicyclic) bond motifs is 1. The Hall–Kier alpha value is -2.96. The number of halogens is 3. The average Bonchev–Trinajstić information content (AvgIpc) is 3.06. The fraction of sp³-hybridized carbons (Fsp3) is 0.500. The molecular formula is C22H26F3N5O4. The summed E-state index contributed by atoms with van der Waals surface area (Å²) in [5.74, 6) is -0.545. The van der Waals surface area contributed by atoms with Gasteiger partial charge in [-0.1, -0.05) is 0 Å². The van der Waals surface area contributed by atoms with E-state index < -0.39 is 36.2 Å². The molecule has 1 saturated heterocycles. The highest BCUT2D eigenvalue weighted by Gasteiger charge is 2.39. The number of amides is 1. The van der Waals surface area contributed by atoms with Crippen LogP contribution in [0.25, 0.3) is 0 Å². The topological polar surface area (TPSA) is 129 Å². The first-order chi connectivity index (χ1) is 16.2. The van der Waals surface area contributed by atoms with Crippen molar-refractivity contribution >= 4 is 17.4 Å². The van der Waals surface area contributed by atoms with E-state index in [0.717, 1.165) is 43.3 Å². The normalized spacial score (nSPS) is 25.0. The lowest BCUT2D eigenvalue weighted by Gasteiger charge is -2.38. The molecule has 4 rings (SSSR count). The van der Waals surface area contributed by atoms with Crippen LogP contribution in [0.3, 0.4) is 0 Å². The molecule has 2 aromatic rings. The van der Waals surface area contributed by atoms with Crippen molar-refractivity contribution in [2.75, 3.05) is 30.3 Å². The molecule has 1 aromatic heterocycles. The first-order valence-corrected chi connectivity index (χ1v) is 11.0. The van der Waals surface area contributed by atoms with Crippen LogP contribution in [0.5, 0.6) is 0 Å². The molecule has 9 nitrogen and oxygen atoms in total. The Morgan fingerprint density at radius 2 is 2.03 bits per heavy atom. The summed E-state index contributed by atoms with van der Waals surface area (Å²) in [7, 11) is 0. The average molecular weight is 481 g/mol. The van der Waals surface area contributed by atoms with Crippen LogP contribution in [0.15, 0.2) is 30.6 Å². The molecule has 0 radical (unpaired) electrons. The summed E-state index contributed by atoms with van der Waals surface area (Å²) in [5, 5.41) is 29.6. The summed E-state index contributed by atoms with van der Waals surface area (Å²) in [4.78, 5) is 19.6. The van der Waals surface area contributed by atoms with Crippen molar-refractivity contribution in [2.45, 2.75) is 49.8 Å². The molecule has 12 heteroatoms. The number of hydrogen-bond donors (Lipinski definition) is 5. The van der Waals surface area contributed by atoms with Gasteiger partial charge < -0.3 is 30.9 Å². The number of nitrogens with zero attached hydrogens (tertiary/aromatic N) is 2. The van der Waals surface area contributed by atoms with E-state index >= 15 is 0 Å². The zero-order valence-corrected chi connectivity index (χ0v) is 18.2. The van der Waals surface area contributed by atoms with Crippen molar-refractivity contribution in [3.63, 3.8) is 0 Å². The van der Waals surface area contributed by atoms with E-state index in [9.17, 15) is 28.2 Å². The number of carbonyl (C=O) groups is 1. The molecule has 184 valence electrons. The number of carbonyl (C=O) groups excluding carboxylic acids is 1. The number of benzene rings is 1. The highest BCUT2D eigenvalue weighted by molar-refractivity contribution is 5.95. The number of aromatic nitrogens is 2. The molecule has 1 aromatic carbocycles. The maximum atomic E-state index is 12.8. The minimum atomic E-state index is -4.66. The quantitative estimate of drug-likeness (QED) is 0.436. The van der Waals surface area contributed by atoms with Gasteiger partial charge in [-0.05, 0) is 43.0 Å². The number of aryl methyl sites for hydroxylation is 1. The predicted octanol–water partition coefficient (Wildman–Crippen LogP) is 1.57. The Morgan fingerprint density at radius 3 is 2.82 bits per heavy atom. The van der Waals surface area contributed by atoms with Crippen molar-refractivity contribution in [1.29, 1.82) is 0 Å². The third kappa shape index (κ3) is 5.57. The van der Waals surface area contributed by atoms with Gasteiger partial charge in [-0.2, -0.15) is 13.2 Å². The molecule has 3 heterocycles. The van der Waals surface area contributed by atoms with Crippen LogP contribution in [-0.4, -0.2) is 70.1 Å². The van der Waals surface area contributed by atoms with Crippen molar-refractivity contribution in [2.24, 2.45) is 0 Å². The van der Waals surface area contributed by atoms with Gasteiger partial charge in [0.05, 0.1) is 25.0 Å². The maximum Gasteiger partial charge on any atom is 0.434 e. The highest BCUT2D eigenvalue weighted by atomic mass is 19.4. The fourth-order valence-corrected chi connectivity index (χ4v) is 4.02. The number of ether oxygens (including phenoxy) is 1. The smallest absolute Gasteiger partial charge is 0.388 e. The number of aliphatic hydroxyl groups is 2. The lowest BCUT2D eigenvalue weighted by Crippen LogP contribution is -2.58. The monoisotopic (exact) mass is 481 g/mol. The van der Waals surface area contributed by atoms with Gasteiger partial charge in [-0.3, -0.25) is 9.78 Å². The van der Waals surface area contributed by atoms with E-state index in [1.807, 2.05) is 12.1 Å². The molecule has 4 atom stereocenters. The Kier molecular flexibility index (Phi) is 7.19. The summed E-state index contributed by atoms with van der Waals surface area (Å²) < 4.78 is 44.1. The van der Waals surface area contributed by atoms with E-state index in [0.29, 0.717) is 11.8 Å². The van der Waals surface area contributed by atoms with Crippen molar-refractivity contribution < 1.29 is 32.9 Å². The Balaban J connectivity index is 1.32. The lowest BCUT2D eigenvalue weighted by atomic mass is 9.97. The van der Waals surface area contributed by atoms with Crippen molar-refractivity contribution in [1.82, 2.24) is 15.3 Å². The zero-order chi connectivity index (χ0) is 24.3. The molecule has 0 spiro atoms. The second-order valence-electron chi connectivity index (χ2n) is 8.36. The molecule has 5 N–H and O–H groups in total. The summed E-state index contributed by atoms with van der Waals surface area (Å²) in [6.07, 6.45) is -3.67. The van der Waals surface area contributed by atoms with Crippen LogP contribution in [0, 0.1) is 0 Å². The van der Waals surface area contributed by atoms with Gasteiger partial charge in [0.25, 0.3) is 5.91 Å². The number of aliphatic hydroxyl groups excluding tert-OH is 2. The highest BCUT2D eigenvalue weighted by Crippen LogP contribution is 2.28. The second kappa shape index (κ2) is 10.1. The summed E-state index contributed by atoms with van der Waals surface area (Å²) in [6, 6.07) is 4.51. The predicted molar refractivity (Wildman–Crippen MR) is 116 cm³/mol. The summed E-state index contributed by atoms with van der Waals surface area (Å²) >= 11 is 0. The molecule has 1 fully saturated rings. The van der Waals surface area contributed by atoms with Gasteiger partial charge in [0.2, 0.25) is 0 Å². The van der Waals surface area contributed by atoms with Crippen molar-refractivity contribution in [3.05, 3.63) is 47.4 Å². The van der Waals surface area contributed by atoms with E-state index in [1.54, 1.807) is 6.07 Å². The van der Waals surface area contributed by atoms with E-state index in [-0.39, 0.29) is 24.9 Å². The van der Waals surface area contributed by atoms with Gasteiger partial charge >= 0.3 is 6.18 Å². The van der Waals surface area contributed by atoms with Crippen LogP contribution in [0.1, 0.15) is 34.5 Å². The SMILES string of the molecule is O=C(NC[C@H]1OC[C@H](Nc2cncc(C(F)(F)F)n2)[C@@H](O)[C@H]1O)c1ccc2c(c1)CCCCN2. The maximum absolute atomic E-state index is 12.8. The standard InChI is InChI=1S/C22H26F3N5O4/c23-22(24,25)17-9-26-10-18(30-17)29-15-11-34-16(20(32)19(15)31)8-28-21(33)13-4-5-14-12(7-13)3-1-2-6-27-14/h4-5,7,9-10,15-16,19-20,27,31-32H,1-3,6,8,11H2,(H,28,33)(H,29,30)/t15-,16+,19+,20-/m0/s1. The number of hydrogen-bond acceptors (Lipinski definition) is 8. The molecule has 0 saturated carbocycles. The molecule has 0 aliphatic carbocycles. The van der Waals surface area contributed by atoms with Crippen LogP contribution >= 0.6 is 0 Å². The minimum absolute atomic E-state index is 0.0531. The first kappa shape index (κ1) is 24.2.